The smallest absolute Gasteiger partial charge is 0.277 e. The highest BCUT2D eigenvalue weighted by Gasteiger charge is 2.08. The van der Waals surface area contributed by atoms with E-state index >= 15 is 0 Å². The van der Waals surface area contributed by atoms with Gasteiger partial charge in [0.05, 0.1) is 6.20 Å². The van der Waals surface area contributed by atoms with E-state index in [4.69, 9.17) is 0 Å². The molecule has 1 amide bonds. The number of carbonyl (C=O) groups excluding carboxylic acids is 1. The molecule has 1 aromatic carbocycles. The summed E-state index contributed by atoms with van der Waals surface area (Å²) in [5.74, 6) is -0.283. The van der Waals surface area contributed by atoms with Crippen LogP contribution in [0.15, 0.2) is 30.5 Å². The summed E-state index contributed by atoms with van der Waals surface area (Å²) in [6.45, 7) is 0. The van der Waals surface area contributed by atoms with Crippen LogP contribution in [0.1, 0.15) is 10.5 Å². The van der Waals surface area contributed by atoms with Crippen molar-refractivity contribution in [2.75, 3.05) is 24.3 Å². The fourth-order valence-electron chi connectivity index (χ4n) is 1.37. The second-order valence-corrected chi connectivity index (χ2v) is 3.75. The Morgan fingerprint density at radius 3 is 2.88 bits per heavy atom. The zero-order valence-electron chi connectivity index (χ0n) is 9.64. The van der Waals surface area contributed by atoms with Gasteiger partial charge in [-0.3, -0.25) is 4.79 Å². The highest BCUT2D eigenvalue weighted by molar-refractivity contribution is 6.02. The van der Waals surface area contributed by atoms with Crippen molar-refractivity contribution >= 4 is 17.3 Å². The van der Waals surface area contributed by atoms with Crippen LogP contribution in [-0.4, -0.2) is 35.4 Å². The number of anilines is 2. The molecule has 6 heteroatoms. The Bertz CT molecular complexity index is 506. The largest absolute Gasteiger partial charge is 0.378 e. The van der Waals surface area contributed by atoms with Crippen molar-refractivity contribution in [1.82, 2.24) is 15.4 Å². The summed E-state index contributed by atoms with van der Waals surface area (Å²) in [7, 11) is 3.89. The predicted octanol–water partition coefficient (Wildman–Crippen LogP) is 1.12. The first-order valence-electron chi connectivity index (χ1n) is 5.11. The Kier molecular flexibility index (Phi) is 3.04. The van der Waals surface area contributed by atoms with E-state index in [2.05, 4.69) is 20.7 Å². The van der Waals surface area contributed by atoms with Gasteiger partial charge in [-0.1, -0.05) is 6.07 Å². The number of hydrogen-bond donors (Lipinski definition) is 2. The van der Waals surface area contributed by atoms with Crippen molar-refractivity contribution in [3.63, 3.8) is 0 Å². The molecule has 0 bridgehead atoms. The molecule has 2 N–H and O–H groups in total. The van der Waals surface area contributed by atoms with Gasteiger partial charge in [0.1, 0.15) is 0 Å². The maximum absolute atomic E-state index is 11.7. The van der Waals surface area contributed by atoms with E-state index in [9.17, 15) is 4.79 Å². The van der Waals surface area contributed by atoms with Crippen molar-refractivity contribution in [3.05, 3.63) is 36.2 Å². The summed E-state index contributed by atoms with van der Waals surface area (Å²) >= 11 is 0. The number of amides is 1. The van der Waals surface area contributed by atoms with Crippen LogP contribution in [0.3, 0.4) is 0 Å². The fraction of sp³-hybridized carbons (Fsp3) is 0.182. The number of H-pyrrole nitrogens is 1. The zero-order valence-corrected chi connectivity index (χ0v) is 9.64. The third kappa shape index (κ3) is 2.60. The fourth-order valence-corrected chi connectivity index (χ4v) is 1.37. The summed E-state index contributed by atoms with van der Waals surface area (Å²) in [5.41, 5.74) is 2.01. The van der Waals surface area contributed by atoms with E-state index in [0.29, 0.717) is 0 Å². The lowest BCUT2D eigenvalue weighted by molar-refractivity contribution is 0.102. The Balaban J connectivity index is 2.14. The summed E-state index contributed by atoms with van der Waals surface area (Å²) in [5, 5.41) is 12.4. The molecule has 0 fully saturated rings. The van der Waals surface area contributed by atoms with Crippen LogP contribution in [0.2, 0.25) is 0 Å². The Hall–Kier alpha value is -2.37. The molecule has 0 spiro atoms. The molecule has 1 aromatic heterocycles. The number of hydrogen-bond acceptors (Lipinski definition) is 4. The molecule has 0 saturated heterocycles. The van der Waals surface area contributed by atoms with Gasteiger partial charge in [-0.2, -0.15) is 15.4 Å². The molecule has 0 saturated carbocycles. The molecule has 6 nitrogen and oxygen atoms in total. The van der Waals surface area contributed by atoms with E-state index in [-0.39, 0.29) is 11.6 Å². The molecule has 1 heterocycles. The maximum atomic E-state index is 11.7. The molecule has 0 atom stereocenters. The third-order valence-corrected chi connectivity index (χ3v) is 2.27. The molecule has 88 valence electrons. The molecule has 0 aliphatic carbocycles. The van der Waals surface area contributed by atoms with Gasteiger partial charge in [0.2, 0.25) is 0 Å². The first kappa shape index (κ1) is 11.1. The summed E-state index contributed by atoms with van der Waals surface area (Å²) in [6.07, 6.45) is 1.38. The number of rotatable bonds is 3. The maximum Gasteiger partial charge on any atom is 0.277 e. The monoisotopic (exact) mass is 231 g/mol. The van der Waals surface area contributed by atoms with Crippen molar-refractivity contribution in [2.45, 2.75) is 0 Å². The number of aromatic amines is 1. The van der Waals surface area contributed by atoms with Gasteiger partial charge in [0, 0.05) is 25.5 Å². The van der Waals surface area contributed by atoms with Crippen LogP contribution in [0.4, 0.5) is 11.4 Å². The molecular weight excluding hydrogens is 218 g/mol. The molecule has 17 heavy (non-hydrogen) atoms. The predicted molar refractivity (Wildman–Crippen MR) is 65.1 cm³/mol. The average Bonchev–Trinajstić information content (AvgIpc) is 2.82. The van der Waals surface area contributed by atoms with Crippen molar-refractivity contribution in [3.8, 4) is 0 Å². The van der Waals surface area contributed by atoms with E-state index in [1.165, 1.54) is 6.20 Å². The molecule has 2 aromatic rings. The van der Waals surface area contributed by atoms with Gasteiger partial charge >= 0.3 is 0 Å². The normalized spacial score (nSPS) is 10.0. The highest BCUT2D eigenvalue weighted by atomic mass is 16.2. The standard InChI is InChI=1S/C11H13N5O/c1-16(2)9-5-3-4-8(6-9)13-11(17)10-7-12-15-14-10/h3-7H,1-2H3,(H,13,17)(H,12,14,15). The number of nitrogens with zero attached hydrogens (tertiary/aromatic N) is 3. The SMILES string of the molecule is CN(C)c1cccc(NC(=O)c2cn[nH]n2)c1. The van der Waals surface area contributed by atoms with Crippen LogP contribution in [0, 0.1) is 0 Å². The van der Waals surface area contributed by atoms with E-state index in [1.54, 1.807) is 0 Å². The minimum atomic E-state index is -0.283. The van der Waals surface area contributed by atoms with Crippen LogP contribution in [-0.2, 0) is 0 Å². The third-order valence-electron chi connectivity index (χ3n) is 2.27. The van der Waals surface area contributed by atoms with Gasteiger partial charge < -0.3 is 10.2 Å². The summed E-state index contributed by atoms with van der Waals surface area (Å²) in [4.78, 5) is 13.7. The van der Waals surface area contributed by atoms with Crippen LogP contribution < -0.4 is 10.2 Å². The minimum absolute atomic E-state index is 0.264. The van der Waals surface area contributed by atoms with E-state index in [0.717, 1.165) is 11.4 Å². The molecule has 0 aliphatic heterocycles. The minimum Gasteiger partial charge on any atom is -0.378 e. The van der Waals surface area contributed by atoms with Gasteiger partial charge in [0.25, 0.3) is 5.91 Å². The molecule has 0 unspecified atom stereocenters. The number of aromatic nitrogens is 3. The second-order valence-electron chi connectivity index (χ2n) is 3.75. The average molecular weight is 231 g/mol. The van der Waals surface area contributed by atoms with E-state index in [1.807, 2.05) is 43.3 Å². The topological polar surface area (TPSA) is 73.9 Å². The zero-order chi connectivity index (χ0) is 12.3. The quantitative estimate of drug-likeness (QED) is 0.830. The highest BCUT2D eigenvalue weighted by Crippen LogP contribution is 2.17. The van der Waals surface area contributed by atoms with Crippen molar-refractivity contribution in [1.29, 1.82) is 0 Å². The lowest BCUT2D eigenvalue weighted by Crippen LogP contribution is -2.13. The van der Waals surface area contributed by atoms with Crippen LogP contribution in [0.25, 0.3) is 0 Å². The lowest BCUT2D eigenvalue weighted by Gasteiger charge is -2.13. The molecule has 2 rings (SSSR count). The van der Waals surface area contributed by atoms with Gasteiger partial charge in [0.15, 0.2) is 5.69 Å². The molecule has 0 aliphatic rings. The molecular formula is C11H13N5O. The molecule has 0 radical (unpaired) electrons. The number of carbonyl (C=O) groups is 1. The Morgan fingerprint density at radius 2 is 2.24 bits per heavy atom. The number of nitrogens with one attached hydrogen (secondary N) is 2. The van der Waals surface area contributed by atoms with E-state index < -0.39 is 0 Å². The first-order valence-corrected chi connectivity index (χ1v) is 5.11. The summed E-state index contributed by atoms with van der Waals surface area (Å²) in [6, 6.07) is 7.56. The van der Waals surface area contributed by atoms with Crippen LogP contribution >= 0.6 is 0 Å². The Labute approximate surface area is 98.6 Å². The second kappa shape index (κ2) is 4.65. The van der Waals surface area contributed by atoms with Gasteiger partial charge in [-0.15, -0.1) is 0 Å². The van der Waals surface area contributed by atoms with Gasteiger partial charge in [-0.05, 0) is 18.2 Å². The summed E-state index contributed by atoms with van der Waals surface area (Å²) < 4.78 is 0. The first-order chi connectivity index (χ1) is 8.16. The number of benzene rings is 1. The Morgan fingerprint density at radius 1 is 1.41 bits per heavy atom. The van der Waals surface area contributed by atoms with Crippen LogP contribution in [0.5, 0.6) is 0 Å². The van der Waals surface area contributed by atoms with Crippen molar-refractivity contribution < 1.29 is 4.79 Å². The lowest BCUT2D eigenvalue weighted by atomic mass is 10.2. The van der Waals surface area contributed by atoms with Gasteiger partial charge in [-0.25, -0.2) is 0 Å². The van der Waals surface area contributed by atoms with Crippen molar-refractivity contribution in [2.24, 2.45) is 0 Å².